The van der Waals surface area contributed by atoms with Gasteiger partial charge in [0.2, 0.25) is 5.95 Å². The van der Waals surface area contributed by atoms with Gasteiger partial charge in [0.15, 0.2) is 0 Å². The first kappa shape index (κ1) is 10.8. The molecule has 2 N–H and O–H groups in total. The first-order chi connectivity index (χ1) is 8.65. The summed E-state index contributed by atoms with van der Waals surface area (Å²) in [7, 11) is 1.94. The maximum Gasteiger partial charge on any atom is 0.212 e. The second-order valence-corrected chi connectivity index (χ2v) is 4.26. The molecule has 3 rings (SSSR count). The zero-order valence-electron chi connectivity index (χ0n) is 9.84. The Kier molecular flexibility index (Phi) is 2.29. The van der Waals surface area contributed by atoms with Gasteiger partial charge in [0.25, 0.3) is 0 Å². The zero-order valence-corrected chi connectivity index (χ0v) is 9.84. The Morgan fingerprint density at radius 1 is 1.33 bits per heavy atom. The van der Waals surface area contributed by atoms with Crippen molar-refractivity contribution in [2.45, 2.75) is 6.54 Å². The Bertz CT molecular complexity index is 614. The second kappa shape index (κ2) is 3.83. The summed E-state index contributed by atoms with van der Waals surface area (Å²) in [5.74, 6) is -0.503. The minimum absolute atomic E-state index is 0.503. The number of pyridine rings is 1. The number of hydrogen-bond donors (Lipinski definition) is 1. The molecule has 0 aliphatic carbocycles. The van der Waals surface area contributed by atoms with E-state index in [4.69, 9.17) is 5.73 Å². The zero-order chi connectivity index (χ0) is 12.7. The van der Waals surface area contributed by atoms with Gasteiger partial charge in [-0.05, 0) is 12.1 Å². The van der Waals surface area contributed by atoms with Crippen LogP contribution in [-0.2, 0) is 6.54 Å². The maximum absolute atomic E-state index is 12.8. The van der Waals surface area contributed by atoms with E-state index in [9.17, 15) is 4.39 Å². The summed E-state index contributed by atoms with van der Waals surface area (Å²) >= 11 is 0. The van der Waals surface area contributed by atoms with Crippen molar-refractivity contribution in [3.05, 3.63) is 47.9 Å². The Hall–Kier alpha value is -2.37. The molecule has 0 amide bonds. The van der Waals surface area contributed by atoms with Crippen molar-refractivity contribution in [3.63, 3.8) is 0 Å². The highest BCUT2D eigenvalue weighted by molar-refractivity contribution is 5.66. The third-order valence-electron chi connectivity index (χ3n) is 2.89. The summed E-state index contributed by atoms with van der Waals surface area (Å²) in [4.78, 5) is 5.61. The third-order valence-corrected chi connectivity index (χ3v) is 2.89. The standard InChI is InChI=1S/C12H12FN5/c1-17-6-10(14)9-5-16-18(11(9)7-17)8-2-3-12(13)15-4-8/h2-6H,7,14H2,1H3. The van der Waals surface area contributed by atoms with Crippen molar-refractivity contribution in [1.82, 2.24) is 19.7 Å². The van der Waals surface area contributed by atoms with E-state index < -0.39 is 5.95 Å². The van der Waals surface area contributed by atoms with Crippen molar-refractivity contribution in [1.29, 1.82) is 0 Å². The third kappa shape index (κ3) is 1.62. The number of aromatic nitrogens is 3. The van der Waals surface area contributed by atoms with E-state index in [1.165, 1.54) is 12.3 Å². The van der Waals surface area contributed by atoms with Gasteiger partial charge in [-0.25, -0.2) is 9.67 Å². The van der Waals surface area contributed by atoms with Crippen LogP contribution in [0.3, 0.4) is 0 Å². The van der Waals surface area contributed by atoms with Crippen molar-refractivity contribution < 1.29 is 4.39 Å². The molecule has 0 saturated heterocycles. The summed E-state index contributed by atoms with van der Waals surface area (Å²) in [6, 6.07) is 2.96. The first-order valence-corrected chi connectivity index (χ1v) is 5.52. The van der Waals surface area contributed by atoms with E-state index >= 15 is 0 Å². The highest BCUT2D eigenvalue weighted by atomic mass is 19.1. The average Bonchev–Trinajstić information content (AvgIpc) is 2.74. The highest BCUT2D eigenvalue weighted by Crippen LogP contribution is 2.24. The Balaban J connectivity index is 2.11. The van der Waals surface area contributed by atoms with Crippen LogP contribution in [0, 0.1) is 5.95 Å². The number of halogens is 1. The molecule has 0 fully saturated rings. The number of nitrogens with zero attached hydrogens (tertiary/aromatic N) is 4. The van der Waals surface area contributed by atoms with Crippen molar-refractivity contribution in [2.75, 3.05) is 7.05 Å². The fourth-order valence-electron chi connectivity index (χ4n) is 2.07. The fourth-order valence-corrected chi connectivity index (χ4v) is 2.07. The largest absolute Gasteiger partial charge is 0.397 e. The summed E-state index contributed by atoms with van der Waals surface area (Å²) in [5.41, 5.74) is 9.24. The van der Waals surface area contributed by atoms with Crippen LogP contribution in [0.25, 0.3) is 11.4 Å². The van der Waals surface area contributed by atoms with Gasteiger partial charge in [-0.2, -0.15) is 9.49 Å². The van der Waals surface area contributed by atoms with E-state index in [2.05, 4.69) is 10.1 Å². The van der Waals surface area contributed by atoms with E-state index in [0.29, 0.717) is 12.2 Å². The van der Waals surface area contributed by atoms with Gasteiger partial charge < -0.3 is 10.6 Å². The smallest absolute Gasteiger partial charge is 0.212 e. The maximum atomic E-state index is 12.8. The number of rotatable bonds is 1. The van der Waals surface area contributed by atoms with Crippen LogP contribution in [0.2, 0.25) is 0 Å². The van der Waals surface area contributed by atoms with Crippen LogP contribution >= 0.6 is 0 Å². The second-order valence-electron chi connectivity index (χ2n) is 4.26. The van der Waals surface area contributed by atoms with Crippen molar-refractivity contribution in [2.24, 2.45) is 5.73 Å². The predicted octanol–water partition coefficient (Wildman–Crippen LogP) is 1.11. The van der Waals surface area contributed by atoms with E-state index in [1.54, 1.807) is 16.9 Å². The molecule has 0 unspecified atom stereocenters. The van der Waals surface area contributed by atoms with Gasteiger partial charge in [0.1, 0.15) is 0 Å². The van der Waals surface area contributed by atoms with E-state index in [0.717, 1.165) is 16.9 Å². The highest BCUT2D eigenvalue weighted by Gasteiger charge is 2.19. The number of nitrogens with two attached hydrogens (primary N) is 1. The molecule has 2 aromatic rings. The van der Waals surface area contributed by atoms with Crippen LogP contribution in [0.15, 0.2) is 30.7 Å². The van der Waals surface area contributed by atoms with E-state index in [1.807, 2.05) is 18.1 Å². The molecule has 5 nitrogen and oxygen atoms in total. The lowest BCUT2D eigenvalue weighted by Crippen LogP contribution is -2.21. The van der Waals surface area contributed by atoms with Gasteiger partial charge in [-0.3, -0.25) is 0 Å². The first-order valence-electron chi connectivity index (χ1n) is 5.52. The summed E-state index contributed by atoms with van der Waals surface area (Å²) in [6.45, 7) is 0.702. The Labute approximate surface area is 103 Å². The topological polar surface area (TPSA) is 60.0 Å². The monoisotopic (exact) mass is 245 g/mol. The molecule has 18 heavy (non-hydrogen) atoms. The summed E-state index contributed by atoms with van der Waals surface area (Å²) in [6.07, 6.45) is 5.05. The SMILES string of the molecule is CN1C=C(N)c2cnn(-c3ccc(F)nc3)c2C1. The predicted molar refractivity (Wildman–Crippen MR) is 64.9 cm³/mol. The van der Waals surface area contributed by atoms with E-state index in [-0.39, 0.29) is 0 Å². The Morgan fingerprint density at radius 3 is 2.89 bits per heavy atom. The van der Waals surface area contributed by atoms with Gasteiger partial charge in [0, 0.05) is 18.8 Å². The average molecular weight is 245 g/mol. The lowest BCUT2D eigenvalue weighted by Gasteiger charge is -2.22. The van der Waals surface area contributed by atoms with Gasteiger partial charge >= 0.3 is 0 Å². The minimum Gasteiger partial charge on any atom is -0.397 e. The molecular formula is C12H12FN5. The van der Waals surface area contributed by atoms with Gasteiger partial charge in [-0.15, -0.1) is 0 Å². The molecule has 0 radical (unpaired) electrons. The van der Waals surface area contributed by atoms with Crippen LogP contribution in [0.4, 0.5) is 4.39 Å². The van der Waals surface area contributed by atoms with Crippen LogP contribution in [-0.4, -0.2) is 26.7 Å². The molecule has 0 spiro atoms. The molecular weight excluding hydrogens is 233 g/mol. The minimum atomic E-state index is -0.503. The normalized spacial score (nSPS) is 14.3. The molecule has 0 atom stereocenters. The molecule has 92 valence electrons. The van der Waals surface area contributed by atoms with Crippen LogP contribution in [0.1, 0.15) is 11.3 Å². The quantitative estimate of drug-likeness (QED) is 0.764. The van der Waals surface area contributed by atoms with Crippen molar-refractivity contribution >= 4 is 5.70 Å². The molecule has 0 saturated carbocycles. The summed E-state index contributed by atoms with van der Waals surface area (Å²) < 4.78 is 14.5. The number of fused-ring (bicyclic) bond motifs is 1. The fraction of sp³-hybridized carbons (Fsp3) is 0.167. The van der Waals surface area contributed by atoms with Gasteiger partial charge in [0.05, 0.1) is 36.0 Å². The molecule has 3 heterocycles. The Morgan fingerprint density at radius 2 is 2.17 bits per heavy atom. The lowest BCUT2D eigenvalue weighted by molar-refractivity contribution is 0.431. The van der Waals surface area contributed by atoms with Crippen molar-refractivity contribution in [3.8, 4) is 5.69 Å². The molecule has 0 aromatic carbocycles. The lowest BCUT2D eigenvalue weighted by atomic mass is 10.1. The summed E-state index contributed by atoms with van der Waals surface area (Å²) in [5, 5.41) is 4.29. The van der Waals surface area contributed by atoms with Crippen LogP contribution in [0.5, 0.6) is 0 Å². The van der Waals surface area contributed by atoms with Gasteiger partial charge in [-0.1, -0.05) is 0 Å². The molecule has 1 aliphatic rings. The molecule has 0 bridgehead atoms. The number of hydrogen-bond acceptors (Lipinski definition) is 4. The molecule has 2 aromatic heterocycles. The molecule has 6 heteroatoms. The van der Waals surface area contributed by atoms with Crippen LogP contribution < -0.4 is 5.73 Å². The molecule has 1 aliphatic heterocycles.